The van der Waals surface area contributed by atoms with Crippen LogP contribution >= 0.6 is 23.4 Å². The van der Waals surface area contributed by atoms with E-state index >= 15 is 0 Å². The normalized spacial score (nSPS) is 13.1. The number of hydrogen-bond acceptors (Lipinski definition) is 3. The van der Waals surface area contributed by atoms with Gasteiger partial charge in [-0.25, -0.2) is 0 Å². The first-order chi connectivity index (χ1) is 7.60. The molecule has 1 rings (SSSR count). The molecule has 0 radical (unpaired) electrons. The van der Waals surface area contributed by atoms with Crippen molar-refractivity contribution in [3.05, 3.63) is 16.4 Å². The molecule has 0 amide bonds. The van der Waals surface area contributed by atoms with E-state index in [1.165, 1.54) is 5.56 Å². The molecule has 0 aliphatic carbocycles. The molecule has 0 aromatic carbocycles. The maximum absolute atomic E-state index is 6.22. The molecule has 0 aliphatic rings. The highest BCUT2D eigenvalue weighted by Gasteiger charge is 2.16. The number of rotatable bonds is 6. The van der Waals surface area contributed by atoms with E-state index in [4.69, 9.17) is 11.6 Å². The number of halogens is 1. The number of aromatic nitrogens is 2. The van der Waals surface area contributed by atoms with Crippen LogP contribution in [0.2, 0.25) is 5.15 Å². The molecule has 0 aliphatic heterocycles. The van der Waals surface area contributed by atoms with E-state index < -0.39 is 0 Å². The highest BCUT2D eigenvalue weighted by atomic mass is 35.5. The van der Waals surface area contributed by atoms with Crippen LogP contribution in [-0.4, -0.2) is 34.4 Å². The number of thioether (sulfide) groups is 1. The lowest BCUT2D eigenvalue weighted by atomic mass is 10.1. The zero-order valence-corrected chi connectivity index (χ0v) is 12.0. The molecule has 0 saturated heterocycles. The van der Waals surface area contributed by atoms with Crippen molar-refractivity contribution in [1.82, 2.24) is 15.1 Å². The predicted octanol–water partition coefficient (Wildman–Crippen LogP) is 2.27. The van der Waals surface area contributed by atoms with Gasteiger partial charge in [0.1, 0.15) is 5.15 Å². The standard InChI is InChI=1S/C11H20ClN3S/c1-5-13-9(7-16-4)6-10-8(2)14-15(3)11(10)12/h9,13H,5-7H2,1-4H3. The molecule has 1 aromatic rings. The van der Waals surface area contributed by atoms with Crippen molar-refractivity contribution in [3.8, 4) is 0 Å². The van der Waals surface area contributed by atoms with Crippen LogP contribution in [0.15, 0.2) is 0 Å². The van der Waals surface area contributed by atoms with Crippen LogP contribution in [0, 0.1) is 6.92 Å². The average Bonchev–Trinajstić information content (AvgIpc) is 2.46. The van der Waals surface area contributed by atoms with Crippen molar-refractivity contribution in [1.29, 1.82) is 0 Å². The summed E-state index contributed by atoms with van der Waals surface area (Å²) in [6, 6.07) is 0.473. The van der Waals surface area contributed by atoms with Gasteiger partial charge in [0.05, 0.1) is 5.69 Å². The maximum Gasteiger partial charge on any atom is 0.130 e. The number of hydrogen-bond donors (Lipinski definition) is 1. The van der Waals surface area contributed by atoms with Gasteiger partial charge < -0.3 is 5.32 Å². The van der Waals surface area contributed by atoms with Crippen LogP contribution in [0.3, 0.4) is 0 Å². The minimum Gasteiger partial charge on any atom is -0.313 e. The second-order valence-corrected chi connectivity index (χ2v) is 5.16. The van der Waals surface area contributed by atoms with Crippen molar-refractivity contribution < 1.29 is 0 Å². The Hall–Kier alpha value is -0.190. The molecule has 1 unspecified atom stereocenters. The number of aryl methyl sites for hydroxylation is 2. The van der Waals surface area contributed by atoms with Gasteiger partial charge in [-0.05, 0) is 26.1 Å². The van der Waals surface area contributed by atoms with Crippen LogP contribution in [0.4, 0.5) is 0 Å². The predicted molar refractivity (Wildman–Crippen MR) is 72.5 cm³/mol. The summed E-state index contributed by atoms with van der Waals surface area (Å²) < 4.78 is 1.74. The summed E-state index contributed by atoms with van der Waals surface area (Å²) in [4.78, 5) is 0. The fourth-order valence-electron chi connectivity index (χ4n) is 1.83. The van der Waals surface area contributed by atoms with E-state index in [1.807, 2.05) is 25.7 Å². The molecule has 0 saturated carbocycles. The van der Waals surface area contributed by atoms with Gasteiger partial charge in [-0.3, -0.25) is 4.68 Å². The molecule has 92 valence electrons. The molecular weight excluding hydrogens is 242 g/mol. The summed E-state index contributed by atoms with van der Waals surface area (Å²) in [5.41, 5.74) is 2.21. The Balaban J connectivity index is 2.76. The lowest BCUT2D eigenvalue weighted by Gasteiger charge is -2.16. The van der Waals surface area contributed by atoms with Gasteiger partial charge in [0.15, 0.2) is 0 Å². The van der Waals surface area contributed by atoms with Crippen LogP contribution in [0.1, 0.15) is 18.2 Å². The van der Waals surface area contributed by atoms with Gasteiger partial charge in [0.25, 0.3) is 0 Å². The zero-order valence-electron chi connectivity index (χ0n) is 10.4. The molecule has 0 bridgehead atoms. The summed E-state index contributed by atoms with van der Waals surface area (Å²) in [5.74, 6) is 1.10. The van der Waals surface area contributed by atoms with Crippen molar-refractivity contribution in [3.63, 3.8) is 0 Å². The lowest BCUT2D eigenvalue weighted by molar-refractivity contribution is 0.572. The summed E-state index contributed by atoms with van der Waals surface area (Å²) in [5, 5.41) is 8.58. The third-order valence-corrected chi connectivity index (χ3v) is 3.79. The second-order valence-electron chi connectivity index (χ2n) is 3.89. The summed E-state index contributed by atoms with van der Waals surface area (Å²) in [6.07, 6.45) is 3.08. The van der Waals surface area contributed by atoms with Crippen molar-refractivity contribution >= 4 is 23.4 Å². The van der Waals surface area contributed by atoms with E-state index in [0.29, 0.717) is 6.04 Å². The van der Waals surface area contributed by atoms with E-state index in [-0.39, 0.29) is 0 Å². The van der Waals surface area contributed by atoms with Gasteiger partial charge in [-0.1, -0.05) is 18.5 Å². The van der Waals surface area contributed by atoms with Gasteiger partial charge in [0, 0.05) is 24.4 Å². The van der Waals surface area contributed by atoms with Crippen molar-refractivity contribution in [2.45, 2.75) is 26.3 Å². The Kier molecular flexibility index (Phi) is 5.66. The Morgan fingerprint density at radius 1 is 1.56 bits per heavy atom. The number of likely N-dealkylation sites (N-methyl/N-ethyl adjacent to an activating group) is 1. The van der Waals surface area contributed by atoms with E-state index in [1.54, 1.807) is 4.68 Å². The van der Waals surface area contributed by atoms with Crippen LogP contribution in [0.25, 0.3) is 0 Å². The molecule has 0 spiro atoms. The molecule has 16 heavy (non-hydrogen) atoms. The highest BCUT2D eigenvalue weighted by molar-refractivity contribution is 7.98. The summed E-state index contributed by atoms with van der Waals surface area (Å²) >= 11 is 8.08. The van der Waals surface area contributed by atoms with Crippen LogP contribution in [-0.2, 0) is 13.5 Å². The van der Waals surface area contributed by atoms with Crippen molar-refractivity contribution in [2.24, 2.45) is 7.05 Å². The number of nitrogens with one attached hydrogen (secondary N) is 1. The third-order valence-electron chi connectivity index (χ3n) is 2.58. The minimum absolute atomic E-state index is 0.473. The number of nitrogens with zero attached hydrogens (tertiary/aromatic N) is 2. The largest absolute Gasteiger partial charge is 0.313 e. The third kappa shape index (κ3) is 3.40. The molecule has 0 fully saturated rings. The fraction of sp³-hybridized carbons (Fsp3) is 0.727. The molecular formula is C11H20ClN3S. The van der Waals surface area contributed by atoms with Crippen LogP contribution < -0.4 is 5.32 Å². The summed E-state index contributed by atoms with van der Waals surface area (Å²) in [7, 11) is 1.88. The van der Waals surface area contributed by atoms with Gasteiger partial charge in [-0.2, -0.15) is 16.9 Å². The Labute approximate surface area is 107 Å². The lowest BCUT2D eigenvalue weighted by Crippen LogP contribution is -2.33. The van der Waals surface area contributed by atoms with Crippen molar-refractivity contribution in [2.75, 3.05) is 18.6 Å². The maximum atomic E-state index is 6.22. The Bertz CT molecular complexity index is 332. The van der Waals surface area contributed by atoms with Gasteiger partial charge >= 0.3 is 0 Å². The quantitative estimate of drug-likeness (QED) is 0.852. The molecule has 1 atom stereocenters. The summed E-state index contributed by atoms with van der Waals surface area (Å²) in [6.45, 7) is 5.14. The Morgan fingerprint density at radius 2 is 2.25 bits per heavy atom. The average molecular weight is 262 g/mol. The monoisotopic (exact) mass is 261 g/mol. The van der Waals surface area contributed by atoms with E-state index in [0.717, 1.165) is 29.6 Å². The van der Waals surface area contributed by atoms with E-state index in [9.17, 15) is 0 Å². The zero-order chi connectivity index (χ0) is 12.1. The smallest absolute Gasteiger partial charge is 0.130 e. The molecule has 3 nitrogen and oxygen atoms in total. The highest BCUT2D eigenvalue weighted by Crippen LogP contribution is 2.20. The Morgan fingerprint density at radius 3 is 2.69 bits per heavy atom. The molecule has 1 aromatic heterocycles. The van der Waals surface area contributed by atoms with Gasteiger partial charge in [0.2, 0.25) is 0 Å². The minimum atomic E-state index is 0.473. The SMILES string of the molecule is CCNC(CSC)Cc1c(C)nn(C)c1Cl. The second kappa shape index (κ2) is 6.52. The molecule has 1 heterocycles. The first-order valence-electron chi connectivity index (χ1n) is 5.50. The fourth-order valence-corrected chi connectivity index (χ4v) is 2.72. The molecule has 1 N–H and O–H groups in total. The first-order valence-corrected chi connectivity index (χ1v) is 7.27. The van der Waals surface area contributed by atoms with Crippen LogP contribution in [0.5, 0.6) is 0 Å². The first kappa shape index (κ1) is 13.9. The van der Waals surface area contributed by atoms with E-state index in [2.05, 4.69) is 23.6 Å². The topological polar surface area (TPSA) is 29.9 Å². The van der Waals surface area contributed by atoms with Gasteiger partial charge in [-0.15, -0.1) is 0 Å². The molecule has 5 heteroatoms.